The summed E-state index contributed by atoms with van der Waals surface area (Å²) in [4.78, 5) is 0. The lowest BCUT2D eigenvalue weighted by Gasteiger charge is -2.44. The molecule has 10 nitrogen and oxygen atoms in total. The molecule has 2 rings (SSSR count). The van der Waals surface area contributed by atoms with Gasteiger partial charge in [0.05, 0.1) is 12.7 Å². The summed E-state index contributed by atoms with van der Waals surface area (Å²) in [5.41, 5.74) is 0. The maximum atomic E-state index is 9.92. The average Bonchev–Trinajstić information content (AvgIpc) is 2.49. The van der Waals surface area contributed by atoms with Crippen molar-refractivity contribution in [3.8, 4) is 0 Å². The molecule has 130 valence electrons. The van der Waals surface area contributed by atoms with Crippen molar-refractivity contribution >= 4 is 0 Å². The molecule has 1 unspecified atom stereocenters. The summed E-state index contributed by atoms with van der Waals surface area (Å²) in [5.74, 6) is 0. The molecule has 0 aromatic carbocycles. The van der Waals surface area contributed by atoms with E-state index in [9.17, 15) is 30.6 Å². The topological polar surface area (TPSA) is 169 Å². The predicted molar refractivity (Wildman–Crippen MR) is 67.2 cm³/mol. The zero-order chi connectivity index (χ0) is 16.6. The second kappa shape index (κ2) is 7.01. The Labute approximate surface area is 126 Å². The van der Waals surface area contributed by atoms with Gasteiger partial charge in [-0.25, -0.2) is 0 Å². The van der Waals surface area contributed by atoms with Crippen LogP contribution < -0.4 is 0 Å². The molecule has 0 aromatic rings. The molecule has 0 aromatic heterocycles. The Balaban J connectivity index is 2.08. The third-order valence-electron chi connectivity index (χ3n) is 3.94. The molecule has 0 bridgehead atoms. The van der Waals surface area contributed by atoms with Crippen LogP contribution in [0.15, 0.2) is 0 Å². The van der Waals surface area contributed by atoms with Crippen molar-refractivity contribution in [2.24, 2.45) is 0 Å². The fraction of sp³-hybridized carbons (Fsp3) is 1.00. The Bertz CT molecular complexity index is 366. The van der Waals surface area contributed by atoms with Gasteiger partial charge in [0.25, 0.3) is 0 Å². The summed E-state index contributed by atoms with van der Waals surface area (Å²) in [6, 6.07) is 0. The lowest BCUT2D eigenvalue weighted by atomic mass is 9.98. The maximum absolute atomic E-state index is 9.92. The largest absolute Gasteiger partial charge is 0.394 e. The first-order valence-corrected chi connectivity index (χ1v) is 6.93. The van der Waals surface area contributed by atoms with Crippen LogP contribution >= 0.6 is 0 Å². The van der Waals surface area contributed by atoms with Crippen LogP contribution in [0.2, 0.25) is 0 Å². The van der Waals surface area contributed by atoms with Crippen molar-refractivity contribution in [3.63, 3.8) is 0 Å². The molecule has 2 aliphatic heterocycles. The van der Waals surface area contributed by atoms with Crippen molar-refractivity contribution in [1.82, 2.24) is 0 Å². The predicted octanol–water partition coefficient (Wildman–Crippen LogP) is -4.37. The number of aliphatic hydroxyl groups excluding tert-OH is 7. The van der Waals surface area contributed by atoms with Crippen LogP contribution in [0.3, 0.4) is 0 Å². The van der Waals surface area contributed by atoms with E-state index >= 15 is 0 Å². The Morgan fingerprint density at radius 3 is 2.05 bits per heavy atom. The van der Waals surface area contributed by atoms with Crippen molar-refractivity contribution in [2.75, 3.05) is 6.61 Å². The second-order valence-electron chi connectivity index (χ2n) is 5.51. The molecule has 0 amide bonds. The zero-order valence-corrected chi connectivity index (χ0v) is 11.8. The first-order chi connectivity index (χ1) is 10.3. The van der Waals surface area contributed by atoms with Gasteiger partial charge in [-0.15, -0.1) is 0 Å². The van der Waals surface area contributed by atoms with E-state index in [1.807, 2.05) is 0 Å². The smallest absolute Gasteiger partial charge is 0.187 e. The quantitative estimate of drug-likeness (QED) is 0.269. The fourth-order valence-electron chi connectivity index (χ4n) is 2.50. The van der Waals surface area contributed by atoms with Crippen molar-refractivity contribution < 1.29 is 50.0 Å². The van der Waals surface area contributed by atoms with E-state index in [0.717, 1.165) is 0 Å². The molecule has 2 heterocycles. The molecule has 7 N–H and O–H groups in total. The minimum atomic E-state index is -1.69. The Morgan fingerprint density at radius 1 is 0.818 bits per heavy atom. The number of ether oxygens (including phenoxy) is 3. The highest BCUT2D eigenvalue weighted by atomic mass is 16.7. The van der Waals surface area contributed by atoms with Gasteiger partial charge in [-0.3, -0.25) is 0 Å². The summed E-state index contributed by atoms with van der Waals surface area (Å²) in [6.07, 6.45) is -14.4. The minimum Gasteiger partial charge on any atom is -0.394 e. The zero-order valence-electron chi connectivity index (χ0n) is 11.8. The van der Waals surface area contributed by atoms with Crippen LogP contribution in [-0.4, -0.2) is 104 Å². The van der Waals surface area contributed by atoms with Crippen molar-refractivity contribution in [2.45, 2.75) is 68.3 Å². The lowest BCUT2D eigenvalue weighted by Crippen LogP contribution is -2.63. The summed E-state index contributed by atoms with van der Waals surface area (Å²) in [6.45, 7) is 0.803. The van der Waals surface area contributed by atoms with E-state index in [1.165, 1.54) is 6.92 Å². The van der Waals surface area contributed by atoms with Crippen LogP contribution in [-0.2, 0) is 14.2 Å². The molecular formula is C12H22O10. The van der Waals surface area contributed by atoms with Gasteiger partial charge in [-0.05, 0) is 6.92 Å². The highest BCUT2D eigenvalue weighted by Crippen LogP contribution is 2.28. The van der Waals surface area contributed by atoms with Crippen molar-refractivity contribution in [1.29, 1.82) is 0 Å². The van der Waals surface area contributed by atoms with Crippen molar-refractivity contribution in [3.05, 3.63) is 0 Å². The molecule has 0 aliphatic carbocycles. The number of rotatable bonds is 3. The molecule has 2 saturated heterocycles. The highest BCUT2D eigenvalue weighted by molar-refractivity contribution is 4.92. The number of hydrogen-bond acceptors (Lipinski definition) is 10. The van der Waals surface area contributed by atoms with Gasteiger partial charge in [0.15, 0.2) is 12.6 Å². The summed E-state index contributed by atoms with van der Waals surface area (Å²) in [7, 11) is 0. The molecule has 0 radical (unpaired) electrons. The van der Waals surface area contributed by atoms with Gasteiger partial charge in [0.1, 0.15) is 42.7 Å². The normalized spacial score (nSPS) is 53.5. The van der Waals surface area contributed by atoms with Crippen LogP contribution in [0.4, 0.5) is 0 Å². The monoisotopic (exact) mass is 326 g/mol. The van der Waals surface area contributed by atoms with Crippen LogP contribution in [0.1, 0.15) is 6.92 Å². The SMILES string of the molecule is C[C@@H]1OC(O)[C@@H](O[C@H]2O[C@H](CO)[C@H](O)[C@H](O)[C@H]2O)[C@H](O)[C@@H]1O. The van der Waals surface area contributed by atoms with E-state index in [2.05, 4.69) is 0 Å². The molecule has 0 spiro atoms. The first-order valence-electron chi connectivity index (χ1n) is 6.93. The molecule has 22 heavy (non-hydrogen) atoms. The van der Waals surface area contributed by atoms with E-state index in [0.29, 0.717) is 0 Å². The second-order valence-corrected chi connectivity index (χ2v) is 5.51. The van der Waals surface area contributed by atoms with E-state index in [4.69, 9.17) is 19.3 Å². The third-order valence-corrected chi connectivity index (χ3v) is 3.94. The van der Waals surface area contributed by atoms with Gasteiger partial charge in [0, 0.05) is 0 Å². The molecule has 0 saturated carbocycles. The summed E-state index contributed by atoms with van der Waals surface area (Å²) < 4.78 is 15.3. The Morgan fingerprint density at radius 2 is 1.45 bits per heavy atom. The maximum Gasteiger partial charge on any atom is 0.187 e. The van der Waals surface area contributed by atoms with Crippen LogP contribution in [0.25, 0.3) is 0 Å². The van der Waals surface area contributed by atoms with Crippen LogP contribution in [0.5, 0.6) is 0 Å². The average molecular weight is 326 g/mol. The standard InChI is InChI=1S/C12H22O10/c1-3-5(14)8(17)10(11(19)20-3)22-12-9(18)7(16)6(15)4(2-13)21-12/h3-19H,2H2,1H3/t3-,4+,5+,6-,7-,8+,9+,10-,11?,12+/m0/s1. The number of aliphatic hydroxyl groups is 7. The lowest BCUT2D eigenvalue weighted by molar-refractivity contribution is -0.359. The van der Waals surface area contributed by atoms with E-state index in [-0.39, 0.29) is 0 Å². The third kappa shape index (κ3) is 3.26. The van der Waals surface area contributed by atoms with E-state index < -0.39 is 68.0 Å². The molecule has 2 aliphatic rings. The number of hydrogen-bond donors (Lipinski definition) is 7. The first kappa shape index (κ1) is 17.9. The summed E-state index contributed by atoms with van der Waals surface area (Å²) in [5, 5.41) is 67.6. The Hall–Kier alpha value is -0.400. The Kier molecular flexibility index (Phi) is 5.72. The van der Waals surface area contributed by atoms with Crippen LogP contribution in [0, 0.1) is 0 Å². The minimum absolute atomic E-state index is 0.642. The van der Waals surface area contributed by atoms with Gasteiger partial charge < -0.3 is 50.0 Å². The fourth-order valence-corrected chi connectivity index (χ4v) is 2.50. The molecule has 10 heteroatoms. The molecule has 2 fully saturated rings. The van der Waals surface area contributed by atoms with Gasteiger partial charge in [-0.1, -0.05) is 0 Å². The van der Waals surface area contributed by atoms with E-state index in [1.54, 1.807) is 0 Å². The van der Waals surface area contributed by atoms with Gasteiger partial charge in [-0.2, -0.15) is 0 Å². The molecular weight excluding hydrogens is 304 g/mol. The molecule has 10 atom stereocenters. The van der Waals surface area contributed by atoms with Gasteiger partial charge >= 0.3 is 0 Å². The summed E-state index contributed by atoms with van der Waals surface area (Å²) >= 11 is 0. The van der Waals surface area contributed by atoms with Gasteiger partial charge in [0.2, 0.25) is 0 Å². The highest BCUT2D eigenvalue weighted by Gasteiger charge is 2.49.